The molecule has 0 bridgehead atoms. The molecule has 2 aromatic carbocycles. The van der Waals surface area contributed by atoms with E-state index in [1.54, 1.807) is 12.1 Å². The first-order valence-corrected chi connectivity index (χ1v) is 8.32. The fourth-order valence-corrected chi connectivity index (χ4v) is 3.48. The van der Waals surface area contributed by atoms with Crippen LogP contribution in [0.15, 0.2) is 52.3 Å². The van der Waals surface area contributed by atoms with Gasteiger partial charge in [0.05, 0.1) is 5.56 Å². The van der Waals surface area contributed by atoms with Crippen LogP contribution in [0, 0.1) is 0 Å². The Morgan fingerprint density at radius 3 is 2.61 bits per heavy atom. The number of aromatic hydroxyl groups is 1. The normalized spacial score (nSPS) is 14.7. The number of amides is 1. The Hall–Kier alpha value is -2.18. The number of nitrogens with one attached hydrogen (secondary N) is 1. The molecular formula is C17H19N3O2S. The molecule has 0 aromatic heterocycles. The molecule has 1 heterocycles. The van der Waals surface area contributed by atoms with Crippen molar-refractivity contribution in [3.63, 3.8) is 0 Å². The maximum absolute atomic E-state index is 12.8. The van der Waals surface area contributed by atoms with Crippen LogP contribution in [0.25, 0.3) is 0 Å². The molecule has 0 spiro atoms. The number of phenols is 1. The van der Waals surface area contributed by atoms with Crippen molar-refractivity contribution in [3.8, 4) is 5.75 Å². The van der Waals surface area contributed by atoms with E-state index in [4.69, 9.17) is 5.73 Å². The van der Waals surface area contributed by atoms with Gasteiger partial charge in [-0.25, -0.2) is 0 Å². The van der Waals surface area contributed by atoms with E-state index in [1.807, 2.05) is 29.2 Å². The zero-order valence-electron chi connectivity index (χ0n) is 12.7. The predicted octanol–water partition coefficient (Wildman–Crippen LogP) is 2.17. The number of nitrogens with zero attached hydrogens (tertiary/aromatic N) is 1. The lowest BCUT2D eigenvalue weighted by atomic mass is 10.2. The number of rotatable bonds is 3. The third-order valence-electron chi connectivity index (χ3n) is 3.73. The number of phenolic OH excluding ortho intramolecular Hbond substituents is 1. The van der Waals surface area contributed by atoms with E-state index in [0.29, 0.717) is 11.3 Å². The second-order valence-corrected chi connectivity index (χ2v) is 6.45. The monoisotopic (exact) mass is 329 g/mol. The molecule has 1 fully saturated rings. The summed E-state index contributed by atoms with van der Waals surface area (Å²) in [6.45, 7) is 3.09. The Labute approximate surface area is 139 Å². The van der Waals surface area contributed by atoms with Gasteiger partial charge in [0, 0.05) is 47.7 Å². The number of nitrogen functional groups attached to an aromatic ring is 1. The summed E-state index contributed by atoms with van der Waals surface area (Å²) >= 11 is 1.44. The molecule has 1 amide bonds. The van der Waals surface area contributed by atoms with Crippen molar-refractivity contribution in [1.29, 1.82) is 0 Å². The fraction of sp³-hybridized carbons (Fsp3) is 0.235. The number of hydrogen-bond donors (Lipinski definition) is 3. The van der Waals surface area contributed by atoms with Crippen LogP contribution < -0.4 is 11.1 Å². The van der Waals surface area contributed by atoms with Gasteiger partial charge in [-0.2, -0.15) is 0 Å². The Morgan fingerprint density at radius 2 is 1.87 bits per heavy atom. The van der Waals surface area contributed by atoms with Gasteiger partial charge in [0.15, 0.2) is 0 Å². The minimum atomic E-state index is 0.0481. The summed E-state index contributed by atoms with van der Waals surface area (Å²) in [4.78, 5) is 16.3. The topological polar surface area (TPSA) is 78.6 Å². The van der Waals surface area contributed by atoms with E-state index in [9.17, 15) is 9.90 Å². The van der Waals surface area contributed by atoms with E-state index >= 15 is 0 Å². The van der Waals surface area contributed by atoms with Gasteiger partial charge in [0.25, 0.3) is 5.91 Å². The highest BCUT2D eigenvalue weighted by Gasteiger charge is 2.20. The molecule has 0 unspecified atom stereocenters. The molecule has 3 rings (SSSR count). The summed E-state index contributed by atoms with van der Waals surface area (Å²) in [7, 11) is 0. The fourth-order valence-electron chi connectivity index (χ4n) is 2.52. The highest BCUT2D eigenvalue weighted by atomic mass is 32.2. The first-order valence-electron chi connectivity index (χ1n) is 7.50. The van der Waals surface area contributed by atoms with Crippen LogP contribution in [0.1, 0.15) is 10.4 Å². The maximum atomic E-state index is 12.8. The lowest BCUT2D eigenvalue weighted by molar-refractivity contribution is 0.0732. The first kappa shape index (κ1) is 15.7. The number of nitrogens with two attached hydrogens (primary N) is 1. The van der Waals surface area contributed by atoms with Crippen molar-refractivity contribution >= 4 is 23.4 Å². The minimum absolute atomic E-state index is 0.0481. The highest BCUT2D eigenvalue weighted by Crippen LogP contribution is 2.36. The van der Waals surface area contributed by atoms with Crippen molar-refractivity contribution in [2.45, 2.75) is 9.79 Å². The molecule has 1 aliphatic heterocycles. The van der Waals surface area contributed by atoms with Crippen LogP contribution in [0.4, 0.5) is 5.69 Å². The highest BCUT2D eigenvalue weighted by molar-refractivity contribution is 7.99. The first-order chi connectivity index (χ1) is 11.1. The summed E-state index contributed by atoms with van der Waals surface area (Å²) in [5, 5.41) is 12.7. The van der Waals surface area contributed by atoms with Crippen molar-refractivity contribution < 1.29 is 9.90 Å². The molecule has 0 atom stereocenters. The summed E-state index contributed by atoms with van der Waals surface area (Å²) in [5.41, 5.74) is 7.14. The van der Waals surface area contributed by atoms with Crippen molar-refractivity contribution in [3.05, 3.63) is 48.0 Å². The van der Waals surface area contributed by atoms with Gasteiger partial charge in [-0.15, -0.1) is 0 Å². The Balaban J connectivity index is 1.86. The molecular weight excluding hydrogens is 310 g/mol. The number of carbonyl (C=O) groups excluding carboxylic acids is 1. The zero-order valence-corrected chi connectivity index (χ0v) is 13.5. The standard InChI is InChI=1S/C17H19N3O2S/c18-14-11-12(21)5-6-16(14)23-15-4-2-1-3-13(15)17(22)20-9-7-19-8-10-20/h1-6,11,19,21H,7-10,18H2. The quantitative estimate of drug-likeness (QED) is 0.752. The van der Waals surface area contributed by atoms with Crippen LogP contribution in [-0.4, -0.2) is 42.1 Å². The van der Waals surface area contributed by atoms with Crippen LogP contribution >= 0.6 is 11.8 Å². The van der Waals surface area contributed by atoms with Gasteiger partial charge < -0.3 is 21.1 Å². The van der Waals surface area contributed by atoms with Crippen LogP contribution in [0.2, 0.25) is 0 Å². The summed E-state index contributed by atoms with van der Waals surface area (Å²) in [6, 6.07) is 12.4. The molecule has 1 saturated heterocycles. The molecule has 2 aromatic rings. The van der Waals surface area contributed by atoms with E-state index in [1.165, 1.54) is 17.8 Å². The number of piperazine rings is 1. The predicted molar refractivity (Wildman–Crippen MR) is 91.9 cm³/mol. The number of benzene rings is 2. The number of hydrogen-bond acceptors (Lipinski definition) is 5. The zero-order chi connectivity index (χ0) is 16.2. The molecule has 6 heteroatoms. The van der Waals surface area contributed by atoms with Crippen molar-refractivity contribution in [2.24, 2.45) is 0 Å². The molecule has 0 radical (unpaired) electrons. The second-order valence-electron chi connectivity index (χ2n) is 5.36. The Kier molecular flexibility index (Phi) is 4.73. The summed E-state index contributed by atoms with van der Waals surface area (Å²) in [6.07, 6.45) is 0. The molecule has 5 nitrogen and oxygen atoms in total. The van der Waals surface area contributed by atoms with E-state index in [-0.39, 0.29) is 11.7 Å². The molecule has 23 heavy (non-hydrogen) atoms. The largest absolute Gasteiger partial charge is 0.508 e. The third-order valence-corrected chi connectivity index (χ3v) is 4.90. The van der Waals surface area contributed by atoms with Gasteiger partial charge in [-0.3, -0.25) is 4.79 Å². The molecule has 0 aliphatic carbocycles. The Bertz CT molecular complexity index is 715. The minimum Gasteiger partial charge on any atom is -0.508 e. The summed E-state index contributed by atoms with van der Waals surface area (Å²) in [5.74, 6) is 0.184. The van der Waals surface area contributed by atoms with Gasteiger partial charge in [-0.1, -0.05) is 23.9 Å². The SMILES string of the molecule is Nc1cc(O)ccc1Sc1ccccc1C(=O)N1CCNCC1. The van der Waals surface area contributed by atoms with Crippen LogP contribution in [0.5, 0.6) is 5.75 Å². The Morgan fingerprint density at radius 1 is 1.13 bits per heavy atom. The molecule has 120 valence electrons. The average molecular weight is 329 g/mol. The van der Waals surface area contributed by atoms with Gasteiger partial charge in [0.1, 0.15) is 5.75 Å². The van der Waals surface area contributed by atoms with E-state index in [0.717, 1.165) is 36.0 Å². The lowest BCUT2D eigenvalue weighted by Gasteiger charge is -2.28. The number of carbonyl (C=O) groups is 1. The van der Waals surface area contributed by atoms with Gasteiger partial charge in [-0.05, 0) is 24.3 Å². The third kappa shape index (κ3) is 3.60. The van der Waals surface area contributed by atoms with E-state index in [2.05, 4.69) is 5.32 Å². The average Bonchev–Trinajstić information content (AvgIpc) is 2.58. The second kappa shape index (κ2) is 6.93. The summed E-state index contributed by atoms with van der Waals surface area (Å²) < 4.78 is 0. The smallest absolute Gasteiger partial charge is 0.255 e. The van der Waals surface area contributed by atoms with Gasteiger partial charge >= 0.3 is 0 Å². The molecule has 4 N–H and O–H groups in total. The lowest BCUT2D eigenvalue weighted by Crippen LogP contribution is -2.46. The maximum Gasteiger partial charge on any atom is 0.255 e. The van der Waals surface area contributed by atoms with Crippen LogP contribution in [0.3, 0.4) is 0 Å². The van der Waals surface area contributed by atoms with Crippen molar-refractivity contribution in [1.82, 2.24) is 10.2 Å². The van der Waals surface area contributed by atoms with Gasteiger partial charge in [0.2, 0.25) is 0 Å². The molecule has 1 aliphatic rings. The van der Waals surface area contributed by atoms with E-state index < -0.39 is 0 Å². The van der Waals surface area contributed by atoms with Crippen molar-refractivity contribution in [2.75, 3.05) is 31.9 Å². The number of anilines is 1. The van der Waals surface area contributed by atoms with Crippen LogP contribution in [-0.2, 0) is 0 Å². The molecule has 0 saturated carbocycles.